The van der Waals surface area contributed by atoms with Gasteiger partial charge in [0.15, 0.2) is 0 Å². The maximum atomic E-state index is 11.8. The number of rotatable bonds is 3. The average molecular weight is 318 g/mol. The Morgan fingerprint density at radius 3 is 2.57 bits per heavy atom. The fourth-order valence-electron chi connectivity index (χ4n) is 3.38. The minimum Gasteiger partial charge on any atom is -0.465 e. The van der Waals surface area contributed by atoms with E-state index in [1.807, 2.05) is 12.1 Å². The number of ether oxygens (including phenoxy) is 2. The molecule has 0 aromatic heterocycles. The second kappa shape index (κ2) is 6.58. The summed E-state index contributed by atoms with van der Waals surface area (Å²) >= 11 is 0. The van der Waals surface area contributed by atoms with Crippen molar-refractivity contribution >= 4 is 17.6 Å². The second-order valence-electron chi connectivity index (χ2n) is 6.04. The van der Waals surface area contributed by atoms with Crippen LogP contribution >= 0.6 is 0 Å². The van der Waals surface area contributed by atoms with Gasteiger partial charge in [0.1, 0.15) is 6.04 Å². The van der Waals surface area contributed by atoms with Crippen molar-refractivity contribution in [2.75, 3.05) is 38.3 Å². The molecule has 2 aliphatic rings. The maximum absolute atomic E-state index is 11.8. The van der Waals surface area contributed by atoms with Gasteiger partial charge >= 0.3 is 11.9 Å². The van der Waals surface area contributed by atoms with Crippen molar-refractivity contribution in [3.8, 4) is 0 Å². The van der Waals surface area contributed by atoms with Crippen LogP contribution in [0.4, 0.5) is 5.69 Å². The Morgan fingerprint density at radius 1 is 1.26 bits per heavy atom. The minimum absolute atomic E-state index is 0.0890. The van der Waals surface area contributed by atoms with E-state index in [9.17, 15) is 9.59 Å². The van der Waals surface area contributed by atoms with Gasteiger partial charge in [0.25, 0.3) is 0 Å². The van der Waals surface area contributed by atoms with Crippen LogP contribution in [0.25, 0.3) is 0 Å². The predicted octanol–water partition coefficient (Wildman–Crippen LogP) is 1.30. The van der Waals surface area contributed by atoms with E-state index in [-0.39, 0.29) is 24.0 Å². The van der Waals surface area contributed by atoms with Gasteiger partial charge in [-0.1, -0.05) is 0 Å². The quantitative estimate of drug-likeness (QED) is 0.783. The molecule has 2 heterocycles. The second-order valence-corrected chi connectivity index (χ2v) is 6.04. The fourth-order valence-corrected chi connectivity index (χ4v) is 3.38. The Morgan fingerprint density at radius 2 is 2.00 bits per heavy atom. The van der Waals surface area contributed by atoms with Crippen LogP contribution in [0.1, 0.15) is 23.7 Å². The lowest BCUT2D eigenvalue weighted by molar-refractivity contribution is -0.143. The van der Waals surface area contributed by atoms with Gasteiger partial charge in [-0.15, -0.1) is 0 Å². The van der Waals surface area contributed by atoms with E-state index >= 15 is 0 Å². The van der Waals surface area contributed by atoms with E-state index in [0.717, 1.165) is 31.7 Å². The summed E-state index contributed by atoms with van der Waals surface area (Å²) in [5, 5.41) is 0. The molecule has 1 aromatic carbocycles. The molecule has 6 heteroatoms. The molecule has 3 rings (SSSR count). The highest BCUT2D eigenvalue weighted by Gasteiger charge is 2.37. The largest absolute Gasteiger partial charge is 0.465 e. The summed E-state index contributed by atoms with van der Waals surface area (Å²) in [5.74, 6) is -0.415. The molecule has 2 saturated heterocycles. The standard InChI is InChI=1S/C17H22N2O4/c1-12-11-18(8-9-19(12)15-7-10-23-17(15)21)14-5-3-13(4-6-14)16(20)22-2/h3-6,12,15H,7-11H2,1-2H3/t12-,15-/m1/s1. The highest BCUT2D eigenvalue weighted by atomic mass is 16.5. The van der Waals surface area contributed by atoms with Crippen molar-refractivity contribution in [1.82, 2.24) is 4.90 Å². The normalized spacial score (nSPS) is 25.3. The number of nitrogens with zero attached hydrogens (tertiary/aromatic N) is 2. The lowest BCUT2D eigenvalue weighted by Crippen LogP contribution is -2.56. The van der Waals surface area contributed by atoms with E-state index in [1.54, 1.807) is 12.1 Å². The predicted molar refractivity (Wildman–Crippen MR) is 85.5 cm³/mol. The smallest absolute Gasteiger partial charge is 0.337 e. The highest BCUT2D eigenvalue weighted by Crippen LogP contribution is 2.24. The van der Waals surface area contributed by atoms with Gasteiger partial charge in [-0.3, -0.25) is 9.69 Å². The summed E-state index contributed by atoms with van der Waals surface area (Å²) in [4.78, 5) is 27.8. The van der Waals surface area contributed by atoms with Gasteiger partial charge in [-0.25, -0.2) is 4.79 Å². The zero-order valence-electron chi connectivity index (χ0n) is 13.5. The number of cyclic esters (lactones) is 1. The molecule has 6 nitrogen and oxygen atoms in total. The molecule has 23 heavy (non-hydrogen) atoms. The van der Waals surface area contributed by atoms with Crippen molar-refractivity contribution in [1.29, 1.82) is 0 Å². The number of carbonyl (C=O) groups excluding carboxylic acids is 2. The fraction of sp³-hybridized carbons (Fsp3) is 0.529. The summed E-state index contributed by atoms with van der Waals surface area (Å²) in [6, 6.07) is 7.64. The van der Waals surface area contributed by atoms with Crippen molar-refractivity contribution < 1.29 is 19.1 Å². The third kappa shape index (κ3) is 3.17. The van der Waals surface area contributed by atoms with Crippen LogP contribution in [0.2, 0.25) is 0 Å². The molecule has 124 valence electrons. The van der Waals surface area contributed by atoms with Crippen LogP contribution in [0.3, 0.4) is 0 Å². The highest BCUT2D eigenvalue weighted by molar-refractivity contribution is 5.89. The molecule has 0 unspecified atom stereocenters. The number of benzene rings is 1. The third-order valence-corrected chi connectivity index (χ3v) is 4.64. The van der Waals surface area contributed by atoms with Gasteiger partial charge in [0, 0.05) is 37.8 Å². The van der Waals surface area contributed by atoms with Gasteiger partial charge in [-0.05, 0) is 31.2 Å². The van der Waals surface area contributed by atoms with E-state index < -0.39 is 0 Å². The molecule has 1 aromatic rings. The Bertz CT molecular complexity index is 587. The molecule has 0 radical (unpaired) electrons. The van der Waals surface area contributed by atoms with Gasteiger partial charge in [0.05, 0.1) is 19.3 Å². The van der Waals surface area contributed by atoms with E-state index in [2.05, 4.69) is 16.7 Å². The summed E-state index contributed by atoms with van der Waals surface area (Å²) in [5.41, 5.74) is 1.63. The molecule has 2 aliphatic heterocycles. The molecular weight excluding hydrogens is 296 g/mol. The number of hydrogen-bond donors (Lipinski definition) is 0. The van der Waals surface area contributed by atoms with Crippen molar-refractivity contribution in [3.63, 3.8) is 0 Å². The Hall–Kier alpha value is -2.08. The van der Waals surface area contributed by atoms with Gasteiger partial charge < -0.3 is 14.4 Å². The Balaban J connectivity index is 1.65. The van der Waals surface area contributed by atoms with Crippen LogP contribution in [0, 0.1) is 0 Å². The average Bonchev–Trinajstić information content (AvgIpc) is 3.00. The molecule has 0 bridgehead atoms. The number of anilines is 1. The van der Waals surface area contributed by atoms with Crippen LogP contribution in [0.5, 0.6) is 0 Å². The molecule has 2 atom stereocenters. The van der Waals surface area contributed by atoms with Crippen molar-refractivity contribution in [2.24, 2.45) is 0 Å². The van der Waals surface area contributed by atoms with Crippen molar-refractivity contribution in [3.05, 3.63) is 29.8 Å². The molecule has 0 aliphatic carbocycles. The number of piperazine rings is 1. The molecule has 2 fully saturated rings. The summed E-state index contributed by atoms with van der Waals surface area (Å²) < 4.78 is 9.80. The zero-order valence-corrected chi connectivity index (χ0v) is 13.5. The van der Waals surface area contributed by atoms with E-state index in [1.165, 1.54) is 7.11 Å². The Labute approximate surface area is 136 Å². The number of methoxy groups -OCH3 is 1. The third-order valence-electron chi connectivity index (χ3n) is 4.64. The molecule has 0 N–H and O–H groups in total. The number of hydrogen-bond acceptors (Lipinski definition) is 6. The monoisotopic (exact) mass is 318 g/mol. The Kier molecular flexibility index (Phi) is 4.52. The molecular formula is C17H22N2O4. The topological polar surface area (TPSA) is 59.1 Å². The number of carbonyl (C=O) groups is 2. The first-order chi connectivity index (χ1) is 11.1. The van der Waals surface area contributed by atoms with Gasteiger partial charge in [0.2, 0.25) is 0 Å². The van der Waals surface area contributed by atoms with E-state index in [0.29, 0.717) is 12.2 Å². The molecule has 0 amide bonds. The molecule has 0 saturated carbocycles. The summed E-state index contributed by atoms with van der Waals surface area (Å²) in [6.07, 6.45) is 0.789. The summed E-state index contributed by atoms with van der Waals surface area (Å²) in [6.45, 7) is 5.21. The SMILES string of the molecule is COC(=O)c1ccc(N2CCN([C@@H]3CCOC3=O)[C@H](C)C2)cc1. The zero-order chi connectivity index (χ0) is 16.4. The summed E-state index contributed by atoms with van der Waals surface area (Å²) in [7, 11) is 1.38. The van der Waals surface area contributed by atoms with Gasteiger partial charge in [-0.2, -0.15) is 0 Å². The minimum atomic E-state index is -0.325. The first-order valence-electron chi connectivity index (χ1n) is 7.96. The number of esters is 2. The lowest BCUT2D eigenvalue weighted by atomic mass is 10.1. The van der Waals surface area contributed by atoms with Crippen molar-refractivity contribution in [2.45, 2.75) is 25.4 Å². The first-order valence-corrected chi connectivity index (χ1v) is 7.96. The van der Waals surface area contributed by atoms with Crippen LogP contribution in [-0.4, -0.2) is 62.3 Å². The van der Waals surface area contributed by atoms with Crippen LogP contribution < -0.4 is 4.90 Å². The van der Waals surface area contributed by atoms with E-state index in [4.69, 9.17) is 9.47 Å². The molecule has 0 spiro atoms. The van der Waals surface area contributed by atoms with Crippen LogP contribution in [-0.2, 0) is 14.3 Å². The lowest BCUT2D eigenvalue weighted by Gasteiger charge is -2.42. The van der Waals surface area contributed by atoms with Crippen LogP contribution in [0.15, 0.2) is 24.3 Å². The first kappa shape index (κ1) is 15.8. The maximum Gasteiger partial charge on any atom is 0.337 e.